The molecule has 0 spiro atoms. The van der Waals surface area contributed by atoms with Gasteiger partial charge in [-0.25, -0.2) is 0 Å². The molecule has 0 amide bonds. The number of hydrogen-bond acceptors (Lipinski definition) is 4. The zero-order valence-corrected chi connectivity index (χ0v) is 9.89. The quantitative estimate of drug-likeness (QED) is 0.856. The third kappa shape index (κ3) is 2.07. The smallest absolute Gasteiger partial charge is 0.231 e. The number of anilines is 1. The van der Waals surface area contributed by atoms with E-state index in [2.05, 4.69) is 11.4 Å². The Bertz CT molecular complexity index is 377. The second-order valence-corrected chi connectivity index (χ2v) is 5.32. The Morgan fingerprint density at radius 3 is 2.81 bits per heavy atom. The van der Waals surface area contributed by atoms with E-state index in [4.69, 9.17) is 9.47 Å². The van der Waals surface area contributed by atoms with E-state index in [1.54, 1.807) is 0 Å². The highest BCUT2D eigenvalue weighted by atomic mass is 32.2. The van der Waals surface area contributed by atoms with E-state index in [9.17, 15) is 0 Å². The molecule has 0 unspecified atom stereocenters. The van der Waals surface area contributed by atoms with Crippen LogP contribution in [0.4, 0.5) is 5.69 Å². The van der Waals surface area contributed by atoms with Crippen molar-refractivity contribution in [3.05, 3.63) is 18.2 Å². The molecule has 3 nitrogen and oxygen atoms in total. The van der Waals surface area contributed by atoms with Gasteiger partial charge in [0.25, 0.3) is 0 Å². The van der Waals surface area contributed by atoms with Crippen LogP contribution in [0.1, 0.15) is 12.8 Å². The van der Waals surface area contributed by atoms with Crippen LogP contribution in [0.5, 0.6) is 11.5 Å². The Morgan fingerprint density at radius 1 is 1.12 bits per heavy atom. The number of rotatable bonds is 2. The number of fused-ring (bicyclic) bond motifs is 1. The first-order valence-electron chi connectivity index (χ1n) is 5.66. The molecule has 2 aliphatic heterocycles. The van der Waals surface area contributed by atoms with Crippen LogP contribution in [0, 0.1) is 0 Å². The molecule has 0 saturated carbocycles. The van der Waals surface area contributed by atoms with Gasteiger partial charge in [-0.3, -0.25) is 0 Å². The summed E-state index contributed by atoms with van der Waals surface area (Å²) in [5, 5.41) is 3.56. The van der Waals surface area contributed by atoms with E-state index in [1.807, 2.05) is 23.9 Å². The van der Waals surface area contributed by atoms with E-state index < -0.39 is 0 Å². The molecule has 2 aliphatic rings. The van der Waals surface area contributed by atoms with Gasteiger partial charge in [0.2, 0.25) is 6.79 Å². The maximum absolute atomic E-state index is 5.36. The molecular weight excluding hydrogens is 222 g/mol. The largest absolute Gasteiger partial charge is 0.454 e. The zero-order valence-electron chi connectivity index (χ0n) is 9.07. The summed E-state index contributed by atoms with van der Waals surface area (Å²) >= 11 is 2.04. The maximum Gasteiger partial charge on any atom is 0.231 e. The van der Waals surface area contributed by atoms with Gasteiger partial charge in [0, 0.05) is 17.8 Å². The summed E-state index contributed by atoms with van der Waals surface area (Å²) < 4.78 is 10.7. The van der Waals surface area contributed by atoms with E-state index in [-0.39, 0.29) is 0 Å². The average Bonchev–Trinajstić information content (AvgIpc) is 2.77. The molecule has 3 rings (SSSR count). The van der Waals surface area contributed by atoms with Crippen LogP contribution >= 0.6 is 11.8 Å². The molecule has 86 valence electrons. The molecule has 2 heterocycles. The van der Waals surface area contributed by atoms with Crippen molar-refractivity contribution in [1.29, 1.82) is 0 Å². The molecule has 0 bridgehead atoms. The molecule has 0 aromatic heterocycles. The molecule has 0 atom stereocenters. The molecule has 1 N–H and O–H groups in total. The van der Waals surface area contributed by atoms with Gasteiger partial charge >= 0.3 is 0 Å². The third-order valence-electron chi connectivity index (χ3n) is 2.96. The van der Waals surface area contributed by atoms with Gasteiger partial charge in [-0.2, -0.15) is 11.8 Å². The molecule has 1 fully saturated rings. The molecule has 0 radical (unpaired) electrons. The Balaban J connectivity index is 1.69. The van der Waals surface area contributed by atoms with Crippen molar-refractivity contribution in [1.82, 2.24) is 0 Å². The van der Waals surface area contributed by atoms with Gasteiger partial charge in [-0.1, -0.05) is 0 Å². The number of thioether (sulfide) groups is 1. The lowest BCUT2D eigenvalue weighted by Gasteiger charge is -2.23. The van der Waals surface area contributed by atoms with Crippen LogP contribution in [0.3, 0.4) is 0 Å². The first kappa shape index (κ1) is 10.1. The fraction of sp³-hybridized carbons (Fsp3) is 0.500. The van der Waals surface area contributed by atoms with Crippen molar-refractivity contribution >= 4 is 17.4 Å². The first-order chi connectivity index (χ1) is 7.92. The summed E-state index contributed by atoms with van der Waals surface area (Å²) in [6.07, 6.45) is 2.50. The zero-order chi connectivity index (χ0) is 10.8. The first-order valence-corrected chi connectivity index (χ1v) is 6.81. The predicted molar refractivity (Wildman–Crippen MR) is 66.5 cm³/mol. The van der Waals surface area contributed by atoms with Crippen LogP contribution < -0.4 is 14.8 Å². The van der Waals surface area contributed by atoms with Gasteiger partial charge in [0.15, 0.2) is 11.5 Å². The third-order valence-corrected chi connectivity index (χ3v) is 4.01. The summed E-state index contributed by atoms with van der Waals surface area (Å²) in [7, 11) is 0. The van der Waals surface area contributed by atoms with Gasteiger partial charge in [-0.15, -0.1) is 0 Å². The number of ether oxygens (including phenoxy) is 2. The fourth-order valence-corrected chi connectivity index (χ4v) is 3.17. The van der Waals surface area contributed by atoms with Crippen molar-refractivity contribution in [2.45, 2.75) is 18.9 Å². The number of nitrogens with one attached hydrogen (secondary N) is 1. The van der Waals surface area contributed by atoms with Crippen molar-refractivity contribution < 1.29 is 9.47 Å². The van der Waals surface area contributed by atoms with Crippen LogP contribution in [0.15, 0.2) is 18.2 Å². The molecular formula is C12H15NO2S. The molecule has 16 heavy (non-hydrogen) atoms. The van der Waals surface area contributed by atoms with Crippen LogP contribution in [-0.4, -0.2) is 24.3 Å². The number of benzene rings is 1. The Morgan fingerprint density at radius 2 is 1.94 bits per heavy atom. The fourth-order valence-electron chi connectivity index (χ4n) is 2.06. The minimum atomic E-state index is 0.346. The van der Waals surface area contributed by atoms with Crippen molar-refractivity contribution in [2.75, 3.05) is 23.6 Å². The molecule has 1 aromatic rings. The van der Waals surface area contributed by atoms with Crippen molar-refractivity contribution in [3.63, 3.8) is 0 Å². The standard InChI is InChI=1S/C12H15NO2S/c1-2-11-12(15-8-14-11)7-10(1)13-9-3-5-16-6-4-9/h1-2,7,9,13H,3-6,8H2. The predicted octanol–water partition coefficient (Wildman–Crippen LogP) is 2.72. The second-order valence-electron chi connectivity index (χ2n) is 4.10. The van der Waals surface area contributed by atoms with Gasteiger partial charge in [0.1, 0.15) is 0 Å². The summed E-state index contributed by atoms with van der Waals surface area (Å²) in [5.41, 5.74) is 1.14. The molecule has 1 saturated heterocycles. The SMILES string of the molecule is c1cc2c(cc1NC1CCSCC1)OCO2. The van der Waals surface area contributed by atoms with Gasteiger partial charge < -0.3 is 14.8 Å². The summed E-state index contributed by atoms with van der Waals surface area (Å²) in [5.74, 6) is 4.24. The summed E-state index contributed by atoms with van der Waals surface area (Å²) in [6.45, 7) is 0.346. The molecule has 0 aliphatic carbocycles. The van der Waals surface area contributed by atoms with E-state index in [0.717, 1.165) is 17.2 Å². The average molecular weight is 237 g/mol. The van der Waals surface area contributed by atoms with Crippen molar-refractivity contribution in [2.24, 2.45) is 0 Å². The Kier molecular flexibility index (Phi) is 2.82. The topological polar surface area (TPSA) is 30.5 Å². The summed E-state index contributed by atoms with van der Waals surface area (Å²) in [6, 6.07) is 6.68. The lowest BCUT2D eigenvalue weighted by atomic mass is 10.1. The van der Waals surface area contributed by atoms with Crippen molar-refractivity contribution in [3.8, 4) is 11.5 Å². The Labute approximate surface area is 99.5 Å². The highest BCUT2D eigenvalue weighted by Crippen LogP contribution is 2.34. The van der Waals surface area contributed by atoms with Crippen LogP contribution in [0.2, 0.25) is 0 Å². The highest BCUT2D eigenvalue weighted by molar-refractivity contribution is 7.99. The van der Waals surface area contributed by atoms with Gasteiger partial charge in [-0.05, 0) is 36.5 Å². The van der Waals surface area contributed by atoms with Crippen LogP contribution in [0.25, 0.3) is 0 Å². The minimum absolute atomic E-state index is 0.346. The number of hydrogen-bond donors (Lipinski definition) is 1. The maximum atomic E-state index is 5.36. The van der Waals surface area contributed by atoms with E-state index in [0.29, 0.717) is 12.8 Å². The summed E-state index contributed by atoms with van der Waals surface area (Å²) in [4.78, 5) is 0. The normalized spacial score (nSPS) is 19.8. The highest BCUT2D eigenvalue weighted by Gasteiger charge is 2.16. The van der Waals surface area contributed by atoms with E-state index >= 15 is 0 Å². The monoisotopic (exact) mass is 237 g/mol. The lowest BCUT2D eigenvalue weighted by molar-refractivity contribution is 0.174. The minimum Gasteiger partial charge on any atom is -0.454 e. The lowest BCUT2D eigenvalue weighted by Crippen LogP contribution is -2.24. The molecule has 1 aromatic carbocycles. The molecule has 4 heteroatoms. The second kappa shape index (κ2) is 4.45. The van der Waals surface area contributed by atoms with E-state index in [1.165, 1.54) is 24.3 Å². The van der Waals surface area contributed by atoms with Crippen LogP contribution in [-0.2, 0) is 0 Å². The Hall–Kier alpha value is -1.03. The van der Waals surface area contributed by atoms with Gasteiger partial charge in [0.05, 0.1) is 0 Å².